The number of amides is 1. The van der Waals surface area contributed by atoms with E-state index in [0.29, 0.717) is 19.4 Å². The van der Waals surface area contributed by atoms with Crippen molar-refractivity contribution in [2.45, 2.75) is 57.0 Å². The molecular weight excluding hydrogens is 602 g/mol. The van der Waals surface area contributed by atoms with Gasteiger partial charge in [-0.25, -0.2) is 0 Å². The van der Waals surface area contributed by atoms with E-state index in [0.717, 1.165) is 56.7 Å². The number of alkyl halides is 6. The summed E-state index contributed by atoms with van der Waals surface area (Å²) >= 11 is 5.36. The number of piperidine rings is 1. The van der Waals surface area contributed by atoms with Crippen LogP contribution in [-0.4, -0.2) is 67.0 Å². The lowest BCUT2D eigenvalue weighted by atomic mass is 10.0. The van der Waals surface area contributed by atoms with Gasteiger partial charge in [-0.15, -0.1) is 26.3 Å². The van der Waals surface area contributed by atoms with Crippen LogP contribution in [0.4, 0.5) is 32.0 Å². The molecule has 3 N–H and O–H groups in total. The third kappa shape index (κ3) is 11.0. The maximum Gasteiger partial charge on any atom is 0.573 e. The first-order valence-electron chi connectivity index (χ1n) is 13.8. The molecule has 2 aliphatic rings. The van der Waals surface area contributed by atoms with E-state index in [1.54, 1.807) is 0 Å². The van der Waals surface area contributed by atoms with Crippen molar-refractivity contribution in [2.24, 2.45) is 5.92 Å². The second-order valence-electron chi connectivity index (χ2n) is 10.3. The van der Waals surface area contributed by atoms with Crippen LogP contribution >= 0.6 is 12.2 Å². The number of thiocarbonyl (C=S) groups is 1. The molecule has 0 bridgehead atoms. The Labute approximate surface area is 250 Å². The molecule has 0 spiro atoms. The molecule has 0 radical (unpaired) electrons. The molecule has 43 heavy (non-hydrogen) atoms. The number of hydrogen-bond donors (Lipinski definition) is 3. The maximum absolute atomic E-state index is 13.2. The summed E-state index contributed by atoms with van der Waals surface area (Å²) in [6, 6.07) is 9.75. The third-order valence-electron chi connectivity index (χ3n) is 7.02. The summed E-state index contributed by atoms with van der Waals surface area (Å²) < 4.78 is 89.2. The number of nitrogens with one attached hydrogen (secondary N) is 3. The molecule has 3 atom stereocenters. The fraction of sp³-hybridized carbons (Fsp3) is 0.500. The molecule has 1 amide bonds. The van der Waals surface area contributed by atoms with Crippen molar-refractivity contribution < 1.29 is 45.3 Å². The Morgan fingerprint density at radius 2 is 1.53 bits per heavy atom. The highest BCUT2D eigenvalue weighted by Gasteiger charge is 2.41. The number of carbonyl (C=O) groups excluding carboxylic acids is 1. The molecule has 0 aromatic heterocycles. The molecule has 3 unspecified atom stereocenters. The van der Waals surface area contributed by atoms with Crippen molar-refractivity contribution in [1.82, 2.24) is 15.5 Å². The number of rotatable bonds is 10. The van der Waals surface area contributed by atoms with Crippen molar-refractivity contribution in [2.75, 3.05) is 31.5 Å². The zero-order chi connectivity index (χ0) is 31.0. The Hall–Kier alpha value is -3.46. The van der Waals surface area contributed by atoms with Crippen LogP contribution in [0, 0.1) is 5.92 Å². The number of nitrogens with zero attached hydrogens (tertiary/aromatic N) is 1. The summed E-state index contributed by atoms with van der Waals surface area (Å²) in [6.07, 6.45) is -6.20. The molecule has 2 fully saturated rings. The standard InChI is InChI=1S/C28H32F6N4O4S/c29-27(30,31)41-21-9-7-20(8-10-21)40-24-17-19(16-23(24)25(39)35-11-14-38-12-2-1-3-13-38)37-26(43)36-18-5-4-6-22(15-18)42-28(32,33)34/h4-10,15,19,23-24H,1-3,11-14,16-17H2,(H,35,39)(H2,36,37,43). The molecule has 236 valence electrons. The van der Waals surface area contributed by atoms with Crippen LogP contribution in [0.1, 0.15) is 32.1 Å². The van der Waals surface area contributed by atoms with E-state index in [1.165, 1.54) is 30.7 Å². The molecule has 1 aliphatic heterocycles. The summed E-state index contributed by atoms with van der Waals surface area (Å²) in [6.45, 7) is 3.15. The number of halogens is 6. The van der Waals surface area contributed by atoms with E-state index in [2.05, 4.69) is 30.3 Å². The van der Waals surface area contributed by atoms with E-state index in [9.17, 15) is 31.1 Å². The van der Waals surface area contributed by atoms with E-state index in [1.807, 2.05) is 0 Å². The van der Waals surface area contributed by atoms with Crippen LogP contribution in [-0.2, 0) is 4.79 Å². The molecule has 15 heteroatoms. The van der Waals surface area contributed by atoms with E-state index in [-0.39, 0.29) is 28.5 Å². The number of carbonyl (C=O) groups is 1. The van der Waals surface area contributed by atoms with E-state index in [4.69, 9.17) is 17.0 Å². The average Bonchev–Trinajstić information content (AvgIpc) is 3.30. The Balaban J connectivity index is 1.38. The fourth-order valence-corrected chi connectivity index (χ4v) is 5.48. The Morgan fingerprint density at radius 1 is 0.884 bits per heavy atom. The van der Waals surface area contributed by atoms with Gasteiger partial charge in [0.1, 0.15) is 23.4 Å². The van der Waals surface area contributed by atoms with E-state index >= 15 is 0 Å². The SMILES string of the molecule is O=C(NCCN1CCCCC1)C1CC(NC(=S)Nc2cccc(OC(F)(F)F)c2)CC1Oc1ccc(OC(F)(F)F)cc1. The van der Waals surface area contributed by atoms with Gasteiger partial charge in [-0.05, 0) is 81.0 Å². The first-order chi connectivity index (χ1) is 20.3. The first kappa shape index (κ1) is 32.5. The Morgan fingerprint density at radius 3 is 2.21 bits per heavy atom. The van der Waals surface area contributed by atoms with Gasteiger partial charge in [-0.3, -0.25) is 4.79 Å². The van der Waals surface area contributed by atoms with Gasteiger partial charge in [-0.1, -0.05) is 12.5 Å². The highest BCUT2D eigenvalue weighted by atomic mass is 32.1. The summed E-state index contributed by atoms with van der Waals surface area (Å²) in [5, 5.41) is 8.99. The van der Waals surface area contributed by atoms with Crippen LogP contribution < -0.4 is 30.2 Å². The summed E-state index contributed by atoms with van der Waals surface area (Å²) in [5.74, 6) is -1.38. The predicted molar refractivity (Wildman–Crippen MR) is 150 cm³/mol. The van der Waals surface area contributed by atoms with Gasteiger partial charge < -0.3 is 35.1 Å². The normalized spacial score (nSPS) is 21.1. The minimum atomic E-state index is -4.84. The summed E-state index contributed by atoms with van der Waals surface area (Å²) in [5.41, 5.74) is 0.262. The highest BCUT2D eigenvalue weighted by Crippen LogP contribution is 2.32. The molecule has 1 heterocycles. The summed E-state index contributed by atoms with van der Waals surface area (Å²) in [4.78, 5) is 15.5. The number of benzene rings is 2. The number of likely N-dealkylation sites (tertiary alicyclic amines) is 1. The van der Waals surface area contributed by atoms with Crippen molar-refractivity contribution in [3.63, 3.8) is 0 Å². The Kier molecular flexibility index (Phi) is 10.8. The van der Waals surface area contributed by atoms with Crippen LogP contribution in [0.2, 0.25) is 0 Å². The lowest BCUT2D eigenvalue weighted by molar-refractivity contribution is -0.275. The second-order valence-corrected chi connectivity index (χ2v) is 10.7. The van der Waals surface area contributed by atoms with Crippen LogP contribution in [0.25, 0.3) is 0 Å². The average molecular weight is 635 g/mol. The minimum absolute atomic E-state index is 0.118. The third-order valence-corrected chi connectivity index (χ3v) is 7.24. The van der Waals surface area contributed by atoms with E-state index < -0.39 is 36.2 Å². The highest BCUT2D eigenvalue weighted by molar-refractivity contribution is 7.80. The molecule has 1 saturated carbocycles. The zero-order valence-electron chi connectivity index (χ0n) is 23.0. The van der Waals surface area contributed by atoms with Gasteiger partial charge in [0.25, 0.3) is 0 Å². The number of hydrogen-bond acceptors (Lipinski definition) is 6. The fourth-order valence-electron chi connectivity index (χ4n) is 5.19. The monoisotopic (exact) mass is 634 g/mol. The first-order valence-corrected chi connectivity index (χ1v) is 14.2. The van der Waals surface area contributed by atoms with Gasteiger partial charge in [-0.2, -0.15) is 0 Å². The van der Waals surface area contributed by atoms with Gasteiger partial charge in [0.2, 0.25) is 5.91 Å². The largest absolute Gasteiger partial charge is 0.573 e. The van der Waals surface area contributed by atoms with Crippen molar-refractivity contribution in [3.05, 3.63) is 48.5 Å². The predicted octanol–water partition coefficient (Wildman–Crippen LogP) is 5.60. The molecular formula is C28H32F6N4O4S. The molecule has 1 aliphatic carbocycles. The molecule has 4 rings (SSSR count). The quantitative estimate of drug-likeness (QED) is 0.230. The molecule has 8 nitrogen and oxygen atoms in total. The van der Waals surface area contributed by atoms with Gasteiger partial charge in [0.15, 0.2) is 5.11 Å². The van der Waals surface area contributed by atoms with Gasteiger partial charge >= 0.3 is 12.7 Å². The lowest BCUT2D eigenvalue weighted by Gasteiger charge is -2.27. The minimum Gasteiger partial charge on any atom is -0.490 e. The maximum atomic E-state index is 13.2. The number of anilines is 1. The van der Waals surface area contributed by atoms with Crippen LogP contribution in [0.3, 0.4) is 0 Å². The molecule has 2 aromatic carbocycles. The van der Waals surface area contributed by atoms with Crippen LogP contribution in [0.5, 0.6) is 17.2 Å². The van der Waals surface area contributed by atoms with Crippen LogP contribution in [0.15, 0.2) is 48.5 Å². The number of ether oxygens (including phenoxy) is 3. The second kappa shape index (κ2) is 14.3. The van der Waals surface area contributed by atoms with Crippen molar-refractivity contribution in [1.29, 1.82) is 0 Å². The van der Waals surface area contributed by atoms with Crippen molar-refractivity contribution in [3.8, 4) is 17.2 Å². The smallest absolute Gasteiger partial charge is 0.490 e. The topological polar surface area (TPSA) is 84.1 Å². The Bertz CT molecular complexity index is 1220. The molecule has 1 saturated heterocycles. The molecule has 2 aromatic rings. The summed E-state index contributed by atoms with van der Waals surface area (Å²) in [7, 11) is 0. The van der Waals surface area contributed by atoms with Gasteiger partial charge in [0.05, 0.1) is 5.92 Å². The lowest BCUT2D eigenvalue weighted by Crippen LogP contribution is -2.42. The van der Waals surface area contributed by atoms with Gasteiger partial charge in [0, 0.05) is 37.3 Å². The zero-order valence-corrected chi connectivity index (χ0v) is 23.8. The van der Waals surface area contributed by atoms with Crippen molar-refractivity contribution >= 4 is 28.9 Å².